The molecular weight excluding hydrogens is 713 g/mol. The van der Waals surface area contributed by atoms with Crippen LogP contribution in [0, 0.1) is 0 Å². The van der Waals surface area contributed by atoms with Crippen LogP contribution in [0.5, 0.6) is 0 Å². The lowest BCUT2D eigenvalue weighted by molar-refractivity contribution is 0.669. The van der Waals surface area contributed by atoms with Gasteiger partial charge in [0.05, 0.1) is 0 Å². The first-order chi connectivity index (χ1) is 29.2. The van der Waals surface area contributed by atoms with E-state index in [1.807, 2.05) is 12.1 Å². The molecule has 0 spiro atoms. The molecule has 0 aliphatic heterocycles. The van der Waals surface area contributed by atoms with Crippen LogP contribution in [-0.2, 0) is 6.42 Å². The summed E-state index contributed by atoms with van der Waals surface area (Å²) in [6, 6.07) is 74.3. The Balaban J connectivity index is 0.952. The molecule has 0 fully saturated rings. The van der Waals surface area contributed by atoms with Crippen LogP contribution in [0.4, 0.5) is 0 Å². The van der Waals surface area contributed by atoms with Crippen LogP contribution >= 0.6 is 0 Å². The van der Waals surface area contributed by atoms with Crippen molar-refractivity contribution in [3.63, 3.8) is 0 Å². The van der Waals surface area contributed by atoms with Crippen molar-refractivity contribution >= 4 is 75.8 Å². The van der Waals surface area contributed by atoms with Crippen LogP contribution in [0.25, 0.3) is 109 Å². The zero-order chi connectivity index (χ0) is 38.6. The SMILES string of the molecule is c1ccc2c(c1)CC(c1ccc(-c3ccc4c(c3)oc3ccccc34)cc1)c1ccc(-c3ccc4c5ccccc5c5c6ccccc6c6ccccc6c5c4c3)cc1-2. The lowest BCUT2D eigenvalue weighted by atomic mass is 9.75. The number of fused-ring (bicyclic) bond motifs is 17. The summed E-state index contributed by atoms with van der Waals surface area (Å²) in [6.45, 7) is 0. The molecule has 13 rings (SSSR count). The number of para-hydroxylation sites is 1. The smallest absolute Gasteiger partial charge is 0.136 e. The first kappa shape index (κ1) is 32.6. The van der Waals surface area contributed by atoms with Crippen molar-refractivity contribution in [1.29, 1.82) is 0 Å². The molecule has 1 aliphatic rings. The van der Waals surface area contributed by atoms with E-state index in [1.54, 1.807) is 0 Å². The number of furan rings is 1. The Hall–Kier alpha value is -7.48. The van der Waals surface area contributed by atoms with Crippen molar-refractivity contribution < 1.29 is 4.42 Å². The maximum atomic E-state index is 6.24. The van der Waals surface area contributed by atoms with Gasteiger partial charge in [0.15, 0.2) is 0 Å². The molecule has 59 heavy (non-hydrogen) atoms. The highest BCUT2D eigenvalue weighted by atomic mass is 16.3. The molecule has 12 aromatic rings. The molecule has 1 aliphatic carbocycles. The molecule has 1 nitrogen and oxygen atoms in total. The largest absolute Gasteiger partial charge is 0.456 e. The van der Waals surface area contributed by atoms with Crippen LogP contribution < -0.4 is 0 Å². The van der Waals surface area contributed by atoms with Crippen molar-refractivity contribution in [1.82, 2.24) is 0 Å². The van der Waals surface area contributed by atoms with E-state index >= 15 is 0 Å². The Bertz CT molecular complexity index is 3680. The third-order valence-corrected chi connectivity index (χ3v) is 13.2. The van der Waals surface area contributed by atoms with Crippen LogP contribution in [-0.4, -0.2) is 0 Å². The van der Waals surface area contributed by atoms with Gasteiger partial charge in [-0.15, -0.1) is 0 Å². The molecule has 1 atom stereocenters. The monoisotopic (exact) mass is 748 g/mol. The van der Waals surface area contributed by atoms with E-state index in [0.717, 1.165) is 28.4 Å². The van der Waals surface area contributed by atoms with Crippen LogP contribution in [0.3, 0.4) is 0 Å². The van der Waals surface area contributed by atoms with Crippen LogP contribution in [0.15, 0.2) is 205 Å². The highest BCUT2D eigenvalue weighted by molar-refractivity contribution is 6.39. The molecule has 0 radical (unpaired) electrons. The second-order valence-corrected chi connectivity index (χ2v) is 16.3. The number of hydrogen-bond donors (Lipinski definition) is 0. The zero-order valence-electron chi connectivity index (χ0n) is 32.2. The third-order valence-electron chi connectivity index (χ3n) is 13.2. The Morgan fingerprint density at radius 1 is 0.322 bits per heavy atom. The minimum atomic E-state index is 0.257. The van der Waals surface area contributed by atoms with E-state index < -0.39 is 0 Å². The van der Waals surface area contributed by atoms with E-state index in [9.17, 15) is 0 Å². The summed E-state index contributed by atoms with van der Waals surface area (Å²) < 4.78 is 6.24. The van der Waals surface area contributed by atoms with Gasteiger partial charge in [0.2, 0.25) is 0 Å². The highest BCUT2D eigenvalue weighted by Gasteiger charge is 2.27. The molecular formula is C58H36O. The fourth-order valence-corrected chi connectivity index (χ4v) is 10.5. The molecule has 1 heteroatoms. The van der Waals surface area contributed by atoms with Crippen molar-refractivity contribution in [3.8, 4) is 33.4 Å². The lowest BCUT2D eigenvalue weighted by Crippen LogP contribution is -2.12. The second kappa shape index (κ2) is 12.5. The summed E-state index contributed by atoms with van der Waals surface area (Å²) in [6.07, 6.45) is 0.975. The average molecular weight is 749 g/mol. The van der Waals surface area contributed by atoms with Gasteiger partial charge in [-0.1, -0.05) is 170 Å². The molecule has 1 unspecified atom stereocenters. The number of hydrogen-bond acceptors (Lipinski definition) is 1. The van der Waals surface area contributed by atoms with Gasteiger partial charge in [0.25, 0.3) is 0 Å². The maximum absolute atomic E-state index is 6.24. The second-order valence-electron chi connectivity index (χ2n) is 16.3. The lowest BCUT2D eigenvalue weighted by Gasteiger charge is -2.29. The van der Waals surface area contributed by atoms with E-state index in [-0.39, 0.29) is 5.92 Å². The van der Waals surface area contributed by atoms with E-state index in [2.05, 4.69) is 188 Å². The Morgan fingerprint density at radius 2 is 0.814 bits per heavy atom. The van der Waals surface area contributed by atoms with Crippen LogP contribution in [0.2, 0.25) is 0 Å². The van der Waals surface area contributed by atoms with Crippen molar-refractivity contribution in [2.75, 3.05) is 0 Å². The summed E-state index contributed by atoms with van der Waals surface area (Å²) in [5.74, 6) is 0.257. The first-order valence-corrected chi connectivity index (χ1v) is 20.7. The van der Waals surface area contributed by atoms with Crippen molar-refractivity contribution in [3.05, 3.63) is 217 Å². The Kier molecular flexibility index (Phi) is 6.91. The Morgan fingerprint density at radius 3 is 1.53 bits per heavy atom. The number of benzene rings is 11. The fourth-order valence-electron chi connectivity index (χ4n) is 10.5. The molecule has 1 aromatic heterocycles. The minimum Gasteiger partial charge on any atom is -0.456 e. The van der Waals surface area contributed by atoms with E-state index in [1.165, 1.54) is 104 Å². The molecule has 0 bridgehead atoms. The van der Waals surface area contributed by atoms with Gasteiger partial charge >= 0.3 is 0 Å². The van der Waals surface area contributed by atoms with Crippen LogP contribution in [0.1, 0.15) is 22.6 Å². The first-order valence-electron chi connectivity index (χ1n) is 20.7. The minimum absolute atomic E-state index is 0.257. The number of rotatable bonds is 3. The van der Waals surface area contributed by atoms with Gasteiger partial charge in [-0.05, 0) is 141 Å². The third kappa shape index (κ3) is 4.85. The maximum Gasteiger partial charge on any atom is 0.136 e. The summed E-state index contributed by atoms with van der Waals surface area (Å²) in [7, 11) is 0. The van der Waals surface area contributed by atoms with E-state index in [4.69, 9.17) is 4.42 Å². The highest BCUT2D eigenvalue weighted by Crippen LogP contribution is 2.47. The van der Waals surface area contributed by atoms with Gasteiger partial charge < -0.3 is 4.42 Å². The normalized spacial score (nSPS) is 13.9. The summed E-state index contributed by atoms with van der Waals surface area (Å²) >= 11 is 0. The fraction of sp³-hybridized carbons (Fsp3) is 0.0345. The molecule has 0 saturated carbocycles. The van der Waals surface area contributed by atoms with Gasteiger partial charge in [-0.2, -0.15) is 0 Å². The van der Waals surface area contributed by atoms with Gasteiger partial charge in [0, 0.05) is 16.7 Å². The van der Waals surface area contributed by atoms with Gasteiger partial charge in [-0.25, -0.2) is 0 Å². The molecule has 11 aromatic carbocycles. The van der Waals surface area contributed by atoms with Crippen molar-refractivity contribution in [2.24, 2.45) is 0 Å². The molecule has 0 saturated heterocycles. The zero-order valence-corrected chi connectivity index (χ0v) is 32.2. The Labute approximate surface area is 341 Å². The quantitative estimate of drug-likeness (QED) is 0.164. The topological polar surface area (TPSA) is 13.1 Å². The molecule has 274 valence electrons. The van der Waals surface area contributed by atoms with Gasteiger partial charge in [-0.3, -0.25) is 0 Å². The average Bonchev–Trinajstić information content (AvgIpc) is 3.69. The van der Waals surface area contributed by atoms with Gasteiger partial charge in [0.1, 0.15) is 11.2 Å². The van der Waals surface area contributed by atoms with Crippen molar-refractivity contribution in [2.45, 2.75) is 12.3 Å². The predicted molar refractivity (Wildman–Crippen MR) is 250 cm³/mol. The molecule has 0 N–H and O–H groups in total. The predicted octanol–water partition coefficient (Wildman–Crippen LogP) is 16.0. The summed E-state index contributed by atoms with van der Waals surface area (Å²) in [4.78, 5) is 0. The standard InChI is InChI=1S/C58H36O/c1-2-12-41-40(11-1)33-52(36-23-21-35(22-24-36)39-27-30-48-47-16-9-10-20-55(47)59-56(48)34-39)46-29-26-37(31-53(41)46)38-25-28-45-44-15-5-7-18-50(44)57-49-17-6-3-13-42(49)43-14-4-8-19-51(43)58(57)54(45)32-38/h1-32,34,52H,33H2. The summed E-state index contributed by atoms with van der Waals surface area (Å²) in [5, 5.41) is 15.4. The van der Waals surface area contributed by atoms with E-state index in [0.29, 0.717) is 0 Å². The molecule has 0 amide bonds. The summed E-state index contributed by atoms with van der Waals surface area (Å²) in [5.41, 5.74) is 13.5. The molecule has 1 heterocycles.